The fourth-order valence-corrected chi connectivity index (χ4v) is 7.04. The Balaban J connectivity index is 1.17. The third kappa shape index (κ3) is 5.24. The quantitative estimate of drug-likeness (QED) is 0.185. The number of anilines is 1. The van der Waals surface area contributed by atoms with Crippen LogP contribution in [0.2, 0.25) is 0 Å². The van der Waals surface area contributed by atoms with E-state index in [0.29, 0.717) is 40.4 Å². The monoisotopic (exact) mass is 573 g/mol. The maximum atomic E-state index is 12.9. The Bertz CT molecular complexity index is 1680. The van der Waals surface area contributed by atoms with Crippen LogP contribution in [0.25, 0.3) is 16.7 Å². The Morgan fingerprint density at radius 2 is 1.88 bits per heavy atom. The molecule has 40 heavy (non-hydrogen) atoms. The van der Waals surface area contributed by atoms with Gasteiger partial charge in [-0.05, 0) is 56.0 Å². The van der Waals surface area contributed by atoms with E-state index in [0.717, 1.165) is 46.4 Å². The van der Waals surface area contributed by atoms with Gasteiger partial charge in [-0.3, -0.25) is 9.36 Å². The molecule has 12 heteroatoms. The standard InChI is InChI=1S/C28H27N7O3S2/c1-2-38-27(37)25-19-11-8-14-22(19)40-26(25)29-24(36)15-16-39-28-32-31-23(35(28)18-9-4-3-5-10-18)17-34-21-13-7-6-12-20(21)30-33-34/h3-7,9-10,12-13H,2,8,11,14-17H2,1H3,(H,29,36). The van der Waals surface area contributed by atoms with Gasteiger partial charge in [-0.1, -0.05) is 47.3 Å². The van der Waals surface area contributed by atoms with Gasteiger partial charge in [-0.2, -0.15) is 0 Å². The lowest BCUT2D eigenvalue weighted by Crippen LogP contribution is -2.15. The van der Waals surface area contributed by atoms with E-state index >= 15 is 0 Å². The lowest BCUT2D eigenvalue weighted by molar-refractivity contribution is -0.115. The average Bonchev–Trinajstić information content (AvgIpc) is 3.74. The molecule has 0 saturated carbocycles. The molecule has 3 heterocycles. The molecule has 6 rings (SSSR count). The zero-order valence-corrected chi connectivity index (χ0v) is 23.5. The van der Waals surface area contributed by atoms with Gasteiger partial charge in [0.25, 0.3) is 0 Å². The van der Waals surface area contributed by atoms with Crippen molar-refractivity contribution in [1.82, 2.24) is 29.8 Å². The van der Waals surface area contributed by atoms with Crippen LogP contribution in [0.15, 0.2) is 59.8 Å². The van der Waals surface area contributed by atoms with Crippen LogP contribution in [0.4, 0.5) is 5.00 Å². The summed E-state index contributed by atoms with van der Waals surface area (Å²) < 4.78 is 9.07. The maximum absolute atomic E-state index is 12.9. The first-order valence-corrected chi connectivity index (χ1v) is 14.9. The van der Waals surface area contributed by atoms with Crippen molar-refractivity contribution >= 4 is 51.0 Å². The Labute approximate surface area is 238 Å². The highest BCUT2D eigenvalue weighted by atomic mass is 32.2. The van der Waals surface area contributed by atoms with E-state index in [9.17, 15) is 9.59 Å². The second-order valence-electron chi connectivity index (χ2n) is 9.23. The summed E-state index contributed by atoms with van der Waals surface area (Å²) >= 11 is 2.94. The fourth-order valence-electron chi connectivity index (χ4n) is 4.84. The Morgan fingerprint density at radius 3 is 2.73 bits per heavy atom. The van der Waals surface area contributed by atoms with E-state index in [2.05, 4.69) is 25.8 Å². The number of para-hydroxylation sites is 2. The molecule has 204 valence electrons. The molecule has 0 radical (unpaired) electrons. The summed E-state index contributed by atoms with van der Waals surface area (Å²) in [6.07, 6.45) is 3.05. The fraction of sp³-hybridized carbons (Fsp3) is 0.286. The second-order valence-corrected chi connectivity index (χ2v) is 11.4. The minimum atomic E-state index is -0.366. The largest absolute Gasteiger partial charge is 0.462 e. The third-order valence-corrected chi connectivity index (χ3v) is 8.78. The van der Waals surface area contributed by atoms with Crippen molar-refractivity contribution < 1.29 is 14.3 Å². The van der Waals surface area contributed by atoms with Crippen LogP contribution in [0.5, 0.6) is 0 Å². The van der Waals surface area contributed by atoms with E-state index in [-0.39, 0.29) is 18.3 Å². The van der Waals surface area contributed by atoms with Crippen LogP contribution in [0.1, 0.15) is 46.4 Å². The summed E-state index contributed by atoms with van der Waals surface area (Å²) in [7, 11) is 0. The van der Waals surface area contributed by atoms with Gasteiger partial charge in [0, 0.05) is 22.7 Å². The maximum Gasteiger partial charge on any atom is 0.341 e. The van der Waals surface area contributed by atoms with Crippen molar-refractivity contribution in [3.8, 4) is 5.69 Å². The number of amides is 1. The number of fused-ring (bicyclic) bond motifs is 2. The van der Waals surface area contributed by atoms with Gasteiger partial charge in [0.15, 0.2) is 11.0 Å². The normalized spacial score (nSPS) is 12.5. The number of aryl methyl sites for hydroxylation is 1. The van der Waals surface area contributed by atoms with Crippen LogP contribution in [0, 0.1) is 0 Å². The molecule has 0 spiro atoms. The zero-order valence-electron chi connectivity index (χ0n) is 21.9. The molecular weight excluding hydrogens is 546 g/mol. The summed E-state index contributed by atoms with van der Waals surface area (Å²) in [5.41, 5.74) is 4.20. The first-order valence-electron chi connectivity index (χ1n) is 13.1. The van der Waals surface area contributed by atoms with Gasteiger partial charge in [-0.25, -0.2) is 9.48 Å². The number of rotatable bonds is 10. The molecule has 0 bridgehead atoms. The number of esters is 1. The molecule has 10 nitrogen and oxygen atoms in total. The number of thiophene rings is 1. The molecule has 1 N–H and O–H groups in total. The van der Waals surface area contributed by atoms with Crippen molar-refractivity contribution in [1.29, 1.82) is 0 Å². The number of ether oxygens (including phenoxy) is 1. The van der Waals surface area contributed by atoms with Crippen LogP contribution in [0.3, 0.4) is 0 Å². The molecule has 5 aromatic rings. The number of hydrogen-bond donors (Lipinski definition) is 1. The summed E-state index contributed by atoms with van der Waals surface area (Å²) in [5, 5.41) is 21.7. The van der Waals surface area contributed by atoms with E-state index in [4.69, 9.17) is 4.74 Å². The SMILES string of the molecule is CCOC(=O)c1c(NC(=O)CCSc2nnc(Cn3nnc4ccccc43)n2-c2ccccc2)sc2c1CCC2. The molecule has 0 atom stereocenters. The summed E-state index contributed by atoms with van der Waals surface area (Å²) in [6, 6.07) is 17.7. The molecule has 0 saturated heterocycles. The summed E-state index contributed by atoms with van der Waals surface area (Å²) in [6.45, 7) is 2.47. The predicted octanol–water partition coefficient (Wildman–Crippen LogP) is 4.91. The summed E-state index contributed by atoms with van der Waals surface area (Å²) in [4.78, 5) is 26.7. The van der Waals surface area contributed by atoms with Gasteiger partial charge in [0.2, 0.25) is 5.91 Å². The number of hydrogen-bond acceptors (Lipinski definition) is 9. The molecule has 0 aliphatic heterocycles. The Morgan fingerprint density at radius 1 is 1.05 bits per heavy atom. The van der Waals surface area contributed by atoms with Gasteiger partial charge >= 0.3 is 5.97 Å². The van der Waals surface area contributed by atoms with Crippen LogP contribution < -0.4 is 5.32 Å². The van der Waals surface area contributed by atoms with Crippen LogP contribution >= 0.6 is 23.1 Å². The first kappa shape index (κ1) is 26.2. The molecule has 1 aliphatic rings. The number of thioether (sulfide) groups is 1. The number of aromatic nitrogens is 6. The van der Waals surface area contributed by atoms with Gasteiger partial charge < -0.3 is 10.1 Å². The number of nitrogens with zero attached hydrogens (tertiary/aromatic N) is 6. The van der Waals surface area contributed by atoms with E-state index in [1.54, 1.807) is 11.6 Å². The Hall–Kier alpha value is -4.03. The molecule has 3 aromatic heterocycles. The third-order valence-electron chi connectivity index (χ3n) is 6.64. The number of benzene rings is 2. The van der Waals surface area contributed by atoms with E-state index in [1.807, 2.05) is 59.2 Å². The van der Waals surface area contributed by atoms with Crippen molar-refractivity contribution in [2.24, 2.45) is 0 Å². The molecule has 0 unspecified atom stereocenters. The van der Waals surface area contributed by atoms with Gasteiger partial charge in [-0.15, -0.1) is 26.6 Å². The first-order chi connectivity index (χ1) is 19.6. The molecular formula is C28H27N7O3S2. The van der Waals surface area contributed by atoms with Crippen molar-refractivity contribution in [2.45, 2.75) is 44.3 Å². The van der Waals surface area contributed by atoms with Crippen molar-refractivity contribution in [3.63, 3.8) is 0 Å². The van der Waals surface area contributed by atoms with Crippen molar-refractivity contribution in [3.05, 3.63) is 76.4 Å². The number of carbonyl (C=O) groups is 2. The highest BCUT2D eigenvalue weighted by Crippen LogP contribution is 2.39. The number of carbonyl (C=O) groups excluding carboxylic acids is 2. The second kappa shape index (κ2) is 11.6. The minimum Gasteiger partial charge on any atom is -0.462 e. The molecule has 0 fully saturated rings. The predicted molar refractivity (Wildman–Crippen MR) is 154 cm³/mol. The number of nitrogens with one attached hydrogen (secondary N) is 1. The topological polar surface area (TPSA) is 117 Å². The summed E-state index contributed by atoms with van der Waals surface area (Å²) in [5.74, 6) is 0.678. The molecule has 2 aromatic carbocycles. The Kier molecular flexibility index (Phi) is 7.60. The van der Waals surface area contributed by atoms with Gasteiger partial charge in [0.1, 0.15) is 17.1 Å². The highest BCUT2D eigenvalue weighted by molar-refractivity contribution is 7.99. The smallest absolute Gasteiger partial charge is 0.341 e. The average molecular weight is 574 g/mol. The zero-order chi connectivity index (χ0) is 27.5. The lowest BCUT2D eigenvalue weighted by atomic mass is 10.1. The molecule has 1 amide bonds. The van der Waals surface area contributed by atoms with Crippen LogP contribution in [-0.2, 0) is 28.9 Å². The van der Waals surface area contributed by atoms with E-state index in [1.165, 1.54) is 23.1 Å². The highest BCUT2D eigenvalue weighted by Gasteiger charge is 2.28. The minimum absolute atomic E-state index is 0.155. The molecule has 1 aliphatic carbocycles. The lowest BCUT2D eigenvalue weighted by Gasteiger charge is -2.11. The van der Waals surface area contributed by atoms with Crippen LogP contribution in [-0.4, -0.2) is 54.0 Å². The van der Waals surface area contributed by atoms with Crippen molar-refractivity contribution in [2.75, 3.05) is 17.7 Å². The van der Waals surface area contributed by atoms with E-state index < -0.39 is 0 Å². The van der Waals surface area contributed by atoms with Gasteiger partial charge in [0.05, 0.1) is 17.7 Å².